The van der Waals surface area contributed by atoms with Gasteiger partial charge in [0.2, 0.25) is 10.0 Å². The Bertz CT molecular complexity index is 909. The Morgan fingerprint density at radius 3 is 2.52 bits per heavy atom. The third-order valence-electron chi connectivity index (χ3n) is 3.96. The minimum Gasteiger partial charge on any atom is -0.507 e. The molecule has 1 unspecified atom stereocenters. The fourth-order valence-corrected chi connectivity index (χ4v) is 3.15. The van der Waals surface area contributed by atoms with E-state index in [9.17, 15) is 18.6 Å². The van der Waals surface area contributed by atoms with Crippen LogP contribution in [0.3, 0.4) is 0 Å². The maximum Gasteiger partial charge on any atom is 0.241 e. The molecule has 162 valence electrons. The van der Waals surface area contributed by atoms with E-state index in [4.69, 9.17) is 19.7 Å². The second-order valence-electron chi connectivity index (χ2n) is 5.98. The molecular formula is C18H25ClN2O7S. The number of benzene rings is 2. The highest BCUT2D eigenvalue weighted by molar-refractivity contribution is 7.89. The Balaban J connectivity index is 0.00000420. The molecule has 0 saturated heterocycles. The largest absolute Gasteiger partial charge is 0.507 e. The molecule has 0 radical (unpaired) electrons. The second-order valence-corrected chi connectivity index (χ2v) is 7.51. The van der Waals surface area contributed by atoms with Gasteiger partial charge in [0.05, 0.1) is 19.8 Å². The number of halogens is 1. The Morgan fingerprint density at radius 2 is 1.90 bits per heavy atom. The van der Waals surface area contributed by atoms with E-state index in [2.05, 4.69) is 5.32 Å². The van der Waals surface area contributed by atoms with Crippen LogP contribution in [0.4, 0.5) is 0 Å². The highest BCUT2D eigenvalue weighted by Crippen LogP contribution is 2.28. The quantitative estimate of drug-likeness (QED) is 0.332. The number of aliphatic hydroxyl groups is 2. The summed E-state index contributed by atoms with van der Waals surface area (Å²) in [5.74, 6) is 0.561. The van der Waals surface area contributed by atoms with Crippen LogP contribution in [-0.4, -0.2) is 50.5 Å². The zero-order valence-corrected chi connectivity index (χ0v) is 17.4. The van der Waals surface area contributed by atoms with Crippen molar-refractivity contribution < 1.29 is 33.2 Å². The van der Waals surface area contributed by atoms with Gasteiger partial charge < -0.3 is 30.1 Å². The third-order valence-corrected chi connectivity index (χ3v) is 4.90. The Morgan fingerprint density at radius 1 is 1.17 bits per heavy atom. The van der Waals surface area contributed by atoms with Crippen molar-refractivity contribution in [2.45, 2.75) is 17.6 Å². The summed E-state index contributed by atoms with van der Waals surface area (Å²) < 4.78 is 33.7. The molecular weight excluding hydrogens is 424 g/mol. The fourth-order valence-electron chi connectivity index (χ4n) is 2.49. The first-order chi connectivity index (χ1) is 13.3. The van der Waals surface area contributed by atoms with E-state index < -0.39 is 26.8 Å². The van der Waals surface area contributed by atoms with Gasteiger partial charge >= 0.3 is 0 Å². The number of hydrogen-bond acceptors (Lipinski definition) is 8. The monoisotopic (exact) mass is 448 g/mol. The van der Waals surface area contributed by atoms with Crippen LogP contribution < -0.4 is 19.9 Å². The first-order valence-electron chi connectivity index (χ1n) is 8.41. The molecule has 0 aliphatic rings. The van der Waals surface area contributed by atoms with Crippen LogP contribution in [-0.2, 0) is 16.6 Å². The van der Waals surface area contributed by atoms with Gasteiger partial charge in [0, 0.05) is 13.1 Å². The molecule has 6 N–H and O–H groups in total. The molecule has 11 heteroatoms. The molecule has 0 saturated carbocycles. The van der Waals surface area contributed by atoms with Gasteiger partial charge in [-0.1, -0.05) is 12.1 Å². The zero-order valence-electron chi connectivity index (χ0n) is 15.7. The van der Waals surface area contributed by atoms with Gasteiger partial charge in [0.15, 0.2) is 11.5 Å². The van der Waals surface area contributed by atoms with Crippen molar-refractivity contribution in [2.75, 3.05) is 26.8 Å². The Labute approximate surface area is 175 Å². The number of aromatic hydroxyl groups is 1. The SMILES string of the molecule is COc1cc(CO)ccc1OCCNCC(O)c1ccc(O)c(S(N)(=O)=O)c1.Cl. The van der Waals surface area contributed by atoms with Crippen LogP contribution in [0.25, 0.3) is 0 Å². The van der Waals surface area contributed by atoms with E-state index in [0.29, 0.717) is 35.8 Å². The highest BCUT2D eigenvalue weighted by Gasteiger charge is 2.17. The van der Waals surface area contributed by atoms with Crippen LogP contribution >= 0.6 is 12.4 Å². The molecule has 0 aliphatic carbocycles. The average Bonchev–Trinajstić information content (AvgIpc) is 2.67. The van der Waals surface area contributed by atoms with E-state index in [1.807, 2.05) is 0 Å². The lowest BCUT2D eigenvalue weighted by Gasteiger charge is -2.15. The van der Waals surface area contributed by atoms with Crippen molar-refractivity contribution in [1.82, 2.24) is 5.32 Å². The van der Waals surface area contributed by atoms with E-state index >= 15 is 0 Å². The number of aliphatic hydroxyl groups excluding tert-OH is 2. The van der Waals surface area contributed by atoms with Crippen molar-refractivity contribution >= 4 is 22.4 Å². The number of phenols is 1. The molecule has 0 bridgehead atoms. The van der Waals surface area contributed by atoms with Crippen molar-refractivity contribution in [3.63, 3.8) is 0 Å². The van der Waals surface area contributed by atoms with Gasteiger partial charge in [-0.05, 0) is 35.4 Å². The number of sulfonamides is 1. The smallest absolute Gasteiger partial charge is 0.241 e. The van der Waals surface area contributed by atoms with Crippen molar-refractivity contribution in [2.24, 2.45) is 5.14 Å². The molecule has 2 rings (SSSR count). The lowest BCUT2D eigenvalue weighted by atomic mass is 10.1. The van der Waals surface area contributed by atoms with E-state index in [-0.39, 0.29) is 25.6 Å². The number of methoxy groups -OCH3 is 1. The van der Waals surface area contributed by atoms with Gasteiger partial charge in [-0.25, -0.2) is 13.6 Å². The fraction of sp³-hybridized carbons (Fsp3) is 0.333. The lowest BCUT2D eigenvalue weighted by molar-refractivity contribution is 0.171. The van der Waals surface area contributed by atoms with E-state index in [0.717, 1.165) is 6.07 Å². The van der Waals surface area contributed by atoms with Crippen LogP contribution in [0.5, 0.6) is 17.2 Å². The van der Waals surface area contributed by atoms with Gasteiger partial charge in [-0.15, -0.1) is 12.4 Å². The van der Waals surface area contributed by atoms with Gasteiger partial charge in [0.25, 0.3) is 0 Å². The van der Waals surface area contributed by atoms with Crippen LogP contribution in [0.15, 0.2) is 41.3 Å². The number of primary sulfonamides is 1. The van der Waals surface area contributed by atoms with E-state index in [1.165, 1.54) is 19.2 Å². The predicted octanol–water partition coefficient (Wildman–Crippen LogP) is 0.664. The summed E-state index contributed by atoms with van der Waals surface area (Å²) in [5, 5.41) is 36.9. The summed E-state index contributed by atoms with van der Waals surface area (Å²) >= 11 is 0. The first kappa shape index (κ1) is 25.0. The number of hydrogen-bond donors (Lipinski definition) is 5. The molecule has 9 nitrogen and oxygen atoms in total. The molecule has 0 spiro atoms. The summed E-state index contributed by atoms with van der Waals surface area (Å²) in [5.41, 5.74) is 1.01. The maximum absolute atomic E-state index is 11.4. The standard InChI is InChI=1S/C18H24N2O7S.ClH/c1-26-17-8-12(11-21)2-5-16(17)27-7-6-20-10-15(23)13-3-4-14(22)18(9-13)28(19,24)25;/h2-5,8-9,15,20-23H,6-7,10-11H2,1H3,(H2,19,24,25);1H. The summed E-state index contributed by atoms with van der Waals surface area (Å²) in [6.07, 6.45) is -1.00. The molecule has 2 aromatic rings. The molecule has 0 aliphatic heterocycles. The van der Waals surface area contributed by atoms with Crippen molar-refractivity contribution in [3.05, 3.63) is 47.5 Å². The lowest BCUT2D eigenvalue weighted by Crippen LogP contribution is -2.26. The second kappa shape index (κ2) is 11.2. The number of nitrogens with one attached hydrogen (secondary N) is 1. The first-order valence-corrected chi connectivity index (χ1v) is 9.96. The molecule has 0 amide bonds. The van der Waals surface area contributed by atoms with Crippen molar-refractivity contribution in [3.8, 4) is 17.2 Å². The molecule has 29 heavy (non-hydrogen) atoms. The molecule has 0 fully saturated rings. The number of ether oxygens (including phenoxy) is 2. The normalized spacial score (nSPS) is 12.1. The van der Waals surface area contributed by atoms with Gasteiger partial charge in [-0.2, -0.15) is 0 Å². The summed E-state index contributed by atoms with van der Waals surface area (Å²) in [7, 11) is -2.58. The number of nitrogens with two attached hydrogens (primary N) is 1. The van der Waals surface area contributed by atoms with Crippen molar-refractivity contribution in [1.29, 1.82) is 0 Å². The van der Waals surface area contributed by atoms with Crippen LogP contribution in [0.1, 0.15) is 17.2 Å². The zero-order chi connectivity index (χ0) is 20.7. The third kappa shape index (κ3) is 7.03. The van der Waals surface area contributed by atoms with Gasteiger partial charge in [0.1, 0.15) is 17.3 Å². The Kier molecular flexibility index (Phi) is 9.63. The topological polar surface area (TPSA) is 151 Å². The van der Waals surface area contributed by atoms with Crippen LogP contribution in [0, 0.1) is 0 Å². The Hall–Kier alpha value is -2.08. The number of phenolic OH excluding ortho intramolecular Hbond substituents is 1. The summed E-state index contributed by atoms with van der Waals surface area (Å²) in [6, 6.07) is 8.83. The van der Waals surface area contributed by atoms with Crippen LogP contribution in [0.2, 0.25) is 0 Å². The van der Waals surface area contributed by atoms with Gasteiger partial charge in [-0.3, -0.25) is 0 Å². The molecule has 0 heterocycles. The minimum absolute atomic E-state index is 0. The number of rotatable bonds is 10. The minimum atomic E-state index is -4.09. The van der Waals surface area contributed by atoms with E-state index in [1.54, 1.807) is 18.2 Å². The molecule has 1 atom stereocenters. The average molecular weight is 449 g/mol. The maximum atomic E-state index is 11.4. The predicted molar refractivity (Wildman–Crippen MR) is 109 cm³/mol. The highest BCUT2D eigenvalue weighted by atomic mass is 35.5. The summed E-state index contributed by atoms with van der Waals surface area (Å²) in [6.45, 7) is 0.737. The summed E-state index contributed by atoms with van der Waals surface area (Å²) in [4.78, 5) is -0.439. The molecule has 0 aromatic heterocycles. The molecule has 2 aromatic carbocycles.